The fourth-order valence-electron chi connectivity index (χ4n) is 2.48. The van der Waals surface area contributed by atoms with Crippen molar-refractivity contribution in [3.8, 4) is 0 Å². The molecule has 5 heteroatoms. The molecule has 0 aliphatic rings. The minimum absolute atomic E-state index is 0.192. The van der Waals surface area contributed by atoms with Gasteiger partial charge in [0.15, 0.2) is 0 Å². The topological polar surface area (TPSA) is 57.3 Å². The molecular formula is C21H22N4O. The Morgan fingerprint density at radius 3 is 2.19 bits per heavy atom. The molecule has 1 aromatic heterocycles. The second-order valence-electron chi connectivity index (χ2n) is 6.35. The van der Waals surface area contributed by atoms with E-state index in [2.05, 4.69) is 15.6 Å². The van der Waals surface area contributed by atoms with E-state index in [1.165, 1.54) is 5.56 Å². The molecule has 1 amide bonds. The third-order valence-corrected chi connectivity index (χ3v) is 3.98. The maximum absolute atomic E-state index is 12.5. The molecule has 0 spiro atoms. The highest BCUT2D eigenvalue weighted by Crippen LogP contribution is 2.19. The van der Waals surface area contributed by atoms with E-state index in [4.69, 9.17) is 0 Å². The third-order valence-electron chi connectivity index (χ3n) is 3.98. The Morgan fingerprint density at radius 1 is 0.885 bits per heavy atom. The number of nitrogens with zero attached hydrogens (tertiary/aromatic N) is 2. The SMILES string of the molecule is Cc1ccc(Nc2cncc(C(=O)Nc3ccc(N(C)C)cc3)c2)cc1. The number of pyridine rings is 1. The summed E-state index contributed by atoms with van der Waals surface area (Å²) in [6, 6.07) is 17.5. The van der Waals surface area contributed by atoms with E-state index in [0.29, 0.717) is 5.56 Å². The van der Waals surface area contributed by atoms with Gasteiger partial charge in [-0.1, -0.05) is 17.7 Å². The van der Waals surface area contributed by atoms with Crippen molar-refractivity contribution in [2.75, 3.05) is 29.6 Å². The average Bonchev–Trinajstić information content (AvgIpc) is 2.64. The molecule has 0 atom stereocenters. The molecule has 5 nitrogen and oxygen atoms in total. The number of hydrogen-bond acceptors (Lipinski definition) is 4. The zero-order chi connectivity index (χ0) is 18.5. The van der Waals surface area contributed by atoms with Crippen LogP contribution in [-0.4, -0.2) is 25.0 Å². The van der Waals surface area contributed by atoms with Crippen LogP contribution in [-0.2, 0) is 0 Å². The smallest absolute Gasteiger partial charge is 0.257 e. The van der Waals surface area contributed by atoms with Gasteiger partial charge in [0.2, 0.25) is 0 Å². The molecule has 1 heterocycles. The molecular weight excluding hydrogens is 324 g/mol. The van der Waals surface area contributed by atoms with Crippen LogP contribution in [0.2, 0.25) is 0 Å². The van der Waals surface area contributed by atoms with Crippen molar-refractivity contribution in [1.29, 1.82) is 0 Å². The molecule has 132 valence electrons. The van der Waals surface area contributed by atoms with E-state index in [-0.39, 0.29) is 5.91 Å². The van der Waals surface area contributed by atoms with Crippen molar-refractivity contribution in [3.05, 3.63) is 78.1 Å². The van der Waals surface area contributed by atoms with E-state index in [1.54, 1.807) is 18.5 Å². The molecule has 0 saturated heterocycles. The second-order valence-corrected chi connectivity index (χ2v) is 6.35. The number of rotatable bonds is 5. The van der Waals surface area contributed by atoms with E-state index in [1.807, 2.05) is 74.4 Å². The predicted octanol–water partition coefficient (Wildman–Crippen LogP) is 4.45. The quantitative estimate of drug-likeness (QED) is 0.716. The molecule has 0 bridgehead atoms. The number of aryl methyl sites for hydroxylation is 1. The van der Waals surface area contributed by atoms with Crippen molar-refractivity contribution in [2.24, 2.45) is 0 Å². The number of nitrogens with one attached hydrogen (secondary N) is 2. The molecule has 3 rings (SSSR count). The summed E-state index contributed by atoms with van der Waals surface area (Å²) >= 11 is 0. The van der Waals surface area contributed by atoms with E-state index in [9.17, 15) is 4.79 Å². The Hall–Kier alpha value is -3.34. The molecule has 3 aromatic rings. The maximum atomic E-state index is 12.5. The van der Waals surface area contributed by atoms with Crippen LogP contribution >= 0.6 is 0 Å². The highest BCUT2D eigenvalue weighted by Gasteiger charge is 2.08. The third kappa shape index (κ3) is 4.39. The van der Waals surface area contributed by atoms with Gasteiger partial charge in [-0.25, -0.2) is 0 Å². The van der Waals surface area contributed by atoms with Gasteiger partial charge in [-0.05, 0) is 49.4 Å². The summed E-state index contributed by atoms with van der Waals surface area (Å²) < 4.78 is 0. The van der Waals surface area contributed by atoms with Crippen molar-refractivity contribution in [3.63, 3.8) is 0 Å². The fraction of sp³-hybridized carbons (Fsp3) is 0.143. The van der Waals surface area contributed by atoms with Crippen molar-refractivity contribution in [2.45, 2.75) is 6.92 Å². The number of carbonyl (C=O) groups excluding carboxylic acids is 1. The number of hydrogen-bond donors (Lipinski definition) is 2. The lowest BCUT2D eigenvalue weighted by Gasteiger charge is -2.13. The first-order chi connectivity index (χ1) is 12.5. The standard InChI is InChI=1S/C21H22N4O/c1-15-4-6-17(7-5-15)23-19-12-16(13-22-14-19)21(26)24-18-8-10-20(11-9-18)25(2)3/h4-14,23H,1-3H3,(H,24,26). The Bertz CT molecular complexity index is 887. The molecule has 0 unspecified atom stereocenters. The van der Waals surface area contributed by atoms with Crippen LogP contribution in [0.1, 0.15) is 15.9 Å². The highest BCUT2D eigenvalue weighted by molar-refractivity contribution is 6.04. The van der Waals surface area contributed by atoms with Gasteiger partial charge >= 0.3 is 0 Å². The van der Waals surface area contributed by atoms with Crippen molar-refractivity contribution in [1.82, 2.24) is 4.98 Å². The molecule has 0 aliphatic carbocycles. The lowest BCUT2D eigenvalue weighted by molar-refractivity contribution is 0.102. The van der Waals surface area contributed by atoms with Gasteiger partial charge in [-0.15, -0.1) is 0 Å². The van der Waals surface area contributed by atoms with Crippen molar-refractivity contribution >= 4 is 28.7 Å². The van der Waals surface area contributed by atoms with Gasteiger partial charge in [-0.2, -0.15) is 0 Å². The Kier molecular flexibility index (Phi) is 5.17. The van der Waals surface area contributed by atoms with Crippen LogP contribution in [0.5, 0.6) is 0 Å². The first kappa shape index (κ1) is 17.5. The van der Waals surface area contributed by atoms with E-state index >= 15 is 0 Å². The van der Waals surface area contributed by atoms with Crippen LogP contribution in [0.4, 0.5) is 22.7 Å². The fourth-order valence-corrected chi connectivity index (χ4v) is 2.48. The minimum atomic E-state index is -0.192. The highest BCUT2D eigenvalue weighted by atomic mass is 16.1. The lowest BCUT2D eigenvalue weighted by Crippen LogP contribution is -2.13. The molecule has 0 fully saturated rings. The van der Waals surface area contributed by atoms with E-state index in [0.717, 1.165) is 22.7 Å². The number of amides is 1. The summed E-state index contributed by atoms with van der Waals surface area (Å²) in [6.07, 6.45) is 3.26. The molecule has 2 N–H and O–H groups in total. The zero-order valence-corrected chi connectivity index (χ0v) is 15.2. The summed E-state index contributed by atoms with van der Waals surface area (Å²) in [5.41, 5.74) is 5.24. The van der Waals surface area contributed by atoms with Gasteiger partial charge in [0.1, 0.15) is 0 Å². The van der Waals surface area contributed by atoms with Crippen LogP contribution in [0.3, 0.4) is 0 Å². The summed E-state index contributed by atoms with van der Waals surface area (Å²) in [5.74, 6) is -0.192. The minimum Gasteiger partial charge on any atom is -0.378 e. The number of carbonyl (C=O) groups is 1. The number of aromatic nitrogens is 1. The molecule has 0 radical (unpaired) electrons. The first-order valence-corrected chi connectivity index (χ1v) is 8.39. The molecule has 26 heavy (non-hydrogen) atoms. The lowest BCUT2D eigenvalue weighted by atomic mass is 10.2. The van der Waals surface area contributed by atoms with Gasteiger partial charge in [0.25, 0.3) is 5.91 Å². The monoisotopic (exact) mass is 346 g/mol. The summed E-state index contributed by atoms with van der Waals surface area (Å²) in [5, 5.41) is 6.16. The Labute approximate surface area is 153 Å². The van der Waals surface area contributed by atoms with Crippen LogP contribution in [0.25, 0.3) is 0 Å². The van der Waals surface area contributed by atoms with Gasteiger partial charge in [0, 0.05) is 37.4 Å². The largest absolute Gasteiger partial charge is 0.378 e. The summed E-state index contributed by atoms with van der Waals surface area (Å²) in [7, 11) is 3.96. The van der Waals surface area contributed by atoms with Crippen molar-refractivity contribution < 1.29 is 4.79 Å². The normalized spacial score (nSPS) is 10.3. The van der Waals surface area contributed by atoms with Gasteiger partial charge in [0.05, 0.1) is 17.4 Å². The van der Waals surface area contributed by atoms with Crippen LogP contribution in [0.15, 0.2) is 67.0 Å². The van der Waals surface area contributed by atoms with Gasteiger partial charge in [-0.3, -0.25) is 9.78 Å². The molecule has 0 aliphatic heterocycles. The Morgan fingerprint density at radius 2 is 1.54 bits per heavy atom. The second kappa shape index (κ2) is 7.70. The van der Waals surface area contributed by atoms with Crippen LogP contribution < -0.4 is 15.5 Å². The zero-order valence-electron chi connectivity index (χ0n) is 15.2. The first-order valence-electron chi connectivity index (χ1n) is 8.39. The molecule has 2 aromatic carbocycles. The Balaban J connectivity index is 1.70. The number of anilines is 4. The summed E-state index contributed by atoms with van der Waals surface area (Å²) in [4.78, 5) is 18.7. The molecule has 0 saturated carbocycles. The number of benzene rings is 2. The van der Waals surface area contributed by atoms with Gasteiger partial charge < -0.3 is 15.5 Å². The van der Waals surface area contributed by atoms with E-state index < -0.39 is 0 Å². The average molecular weight is 346 g/mol. The van der Waals surface area contributed by atoms with Crippen LogP contribution in [0, 0.1) is 6.92 Å². The predicted molar refractivity (Wildman–Crippen MR) is 107 cm³/mol. The summed E-state index contributed by atoms with van der Waals surface area (Å²) in [6.45, 7) is 2.04. The maximum Gasteiger partial charge on any atom is 0.257 e.